The topological polar surface area (TPSA) is 46.5 Å². The molecule has 1 N–H and O–H groups in total. The standard InChI is InChI=1S/C10H16O3/c11-9(12)10(6-1-2-7-10)13-8-4-3-5-8/h8H,1-7H2,(H,11,12). The van der Waals surface area contributed by atoms with Gasteiger partial charge in [-0.3, -0.25) is 0 Å². The summed E-state index contributed by atoms with van der Waals surface area (Å²) < 4.78 is 5.70. The van der Waals surface area contributed by atoms with Crippen molar-refractivity contribution in [1.29, 1.82) is 0 Å². The van der Waals surface area contributed by atoms with Crippen LogP contribution in [0.5, 0.6) is 0 Å². The highest BCUT2D eigenvalue weighted by Gasteiger charge is 2.45. The molecule has 0 saturated heterocycles. The predicted molar refractivity (Wildman–Crippen MR) is 47.6 cm³/mol. The maximum absolute atomic E-state index is 11.1. The minimum absolute atomic E-state index is 0.231. The van der Waals surface area contributed by atoms with Crippen LogP contribution in [0.4, 0.5) is 0 Å². The van der Waals surface area contributed by atoms with Gasteiger partial charge in [0.15, 0.2) is 5.60 Å². The Hall–Kier alpha value is -0.570. The molecular formula is C10H16O3. The van der Waals surface area contributed by atoms with Crippen LogP contribution in [0, 0.1) is 0 Å². The summed E-state index contributed by atoms with van der Waals surface area (Å²) in [6, 6.07) is 0. The van der Waals surface area contributed by atoms with Crippen molar-refractivity contribution in [2.24, 2.45) is 0 Å². The monoisotopic (exact) mass is 184 g/mol. The van der Waals surface area contributed by atoms with E-state index in [1.54, 1.807) is 0 Å². The average molecular weight is 184 g/mol. The van der Waals surface area contributed by atoms with Crippen molar-refractivity contribution < 1.29 is 14.6 Å². The maximum Gasteiger partial charge on any atom is 0.335 e. The Labute approximate surface area is 78.1 Å². The van der Waals surface area contributed by atoms with Gasteiger partial charge in [-0.05, 0) is 44.9 Å². The highest BCUT2D eigenvalue weighted by molar-refractivity contribution is 5.77. The molecule has 3 heteroatoms. The summed E-state index contributed by atoms with van der Waals surface area (Å²) in [6.45, 7) is 0. The van der Waals surface area contributed by atoms with Crippen LogP contribution in [0.2, 0.25) is 0 Å². The van der Waals surface area contributed by atoms with E-state index in [4.69, 9.17) is 9.84 Å². The van der Waals surface area contributed by atoms with Crippen LogP contribution in [0.15, 0.2) is 0 Å². The van der Waals surface area contributed by atoms with Gasteiger partial charge in [-0.2, -0.15) is 0 Å². The molecule has 0 aromatic carbocycles. The van der Waals surface area contributed by atoms with Gasteiger partial charge in [0.25, 0.3) is 0 Å². The Balaban J connectivity index is 1.99. The van der Waals surface area contributed by atoms with Gasteiger partial charge in [-0.15, -0.1) is 0 Å². The molecule has 0 unspecified atom stereocenters. The van der Waals surface area contributed by atoms with E-state index in [-0.39, 0.29) is 6.10 Å². The lowest BCUT2D eigenvalue weighted by Crippen LogP contribution is -2.43. The molecule has 0 radical (unpaired) electrons. The van der Waals surface area contributed by atoms with Crippen molar-refractivity contribution in [3.63, 3.8) is 0 Å². The Morgan fingerprint density at radius 2 is 1.85 bits per heavy atom. The van der Waals surface area contributed by atoms with Gasteiger partial charge in [-0.25, -0.2) is 4.79 Å². The molecule has 3 nitrogen and oxygen atoms in total. The molecule has 0 amide bonds. The van der Waals surface area contributed by atoms with Crippen molar-refractivity contribution >= 4 is 5.97 Å². The van der Waals surface area contributed by atoms with Crippen molar-refractivity contribution in [2.45, 2.75) is 56.7 Å². The van der Waals surface area contributed by atoms with E-state index in [2.05, 4.69) is 0 Å². The lowest BCUT2D eigenvalue weighted by Gasteiger charge is -2.34. The van der Waals surface area contributed by atoms with Crippen LogP contribution in [0.1, 0.15) is 44.9 Å². The molecule has 0 aromatic rings. The summed E-state index contributed by atoms with van der Waals surface area (Å²) in [5.74, 6) is -0.753. The Morgan fingerprint density at radius 1 is 1.23 bits per heavy atom. The number of carbonyl (C=O) groups is 1. The molecule has 74 valence electrons. The Morgan fingerprint density at radius 3 is 2.23 bits per heavy atom. The first-order valence-electron chi connectivity index (χ1n) is 5.14. The van der Waals surface area contributed by atoms with Gasteiger partial charge < -0.3 is 9.84 Å². The largest absolute Gasteiger partial charge is 0.479 e. The molecule has 0 aliphatic heterocycles. The summed E-state index contributed by atoms with van der Waals surface area (Å²) in [7, 11) is 0. The normalized spacial score (nSPS) is 27.1. The third kappa shape index (κ3) is 1.57. The van der Waals surface area contributed by atoms with Crippen molar-refractivity contribution in [3.8, 4) is 0 Å². The van der Waals surface area contributed by atoms with E-state index < -0.39 is 11.6 Å². The molecular weight excluding hydrogens is 168 g/mol. The molecule has 2 saturated carbocycles. The zero-order chi connectivity index (χ0) is 9.31. The summed E-state index contributed by atoms with van der Waals surface area (Å²) in [5.41, 5.74) is -0.814. The number of hydrogen-bond donors (Lipinski definition) is 1. The minimum atomic E-state index is -0.814. The van der Waals surface area contributed by atoms with Crippen LogP contribution < -0.4 is 0 Å². The van der Waals surface area contributed by atoms with Crippen LogP contribution in [-0.4, -0.2) is 22.8 Å². The lowest BCUT2D eigenvalue weighted by atomic mass is 9.93. The minimum Gasteiger partial charge on any atom is -0.479 e. The van der Waals surface area contributed by atoms with Crippen LogP contribution in [0.25, 0.3) is 0 Å². The second-order valence-electron chi connectivity index (χ2n) is 4.18. The maximum atomic E-state index is 11.1. The number of rotatable bonds is 3. The van der Waals surface area contributed by atoms with Crippen LogP contribution in [-0.2, 0) is 9.53 Å². The lowest BCUT2D eigenvalue weighted by molar-refractivity contribution is -0.179. The second-order valence-corrected chi connectivity index (χ2v) is 4.18. The number of carboxylic acid groups (broad SMARTS) is 1. The van der Waals surface area contributed by atoms with Gasteiger partial charge in [0.05, 0.1) is 6.10 Å². The molecule has 0 aromatic heterocycles. The zero-order valence-corrected chi connectivity index (χ0v) is 7.79. The van der Waals surface area contributed by atoms with Crippen molar-refractivity contribution in [2.75, 3.05) is 0 Å². The zero-order valence-electron chi connectivity index (χ0n) is 7.79. The van der Waals surface area contributed by atoms with Gasteiger partial charge in [-0.1, -0.05) is 0 Å². The smallest absolute Gasteiger partial charge is 0.335 e. The number of hydrogen-bond acceptors (Lipinski definition) is 2. The Kier molecular flexibility index (Phi) is 2.28. The van der Waals surface area contributed by atoms with Gasteiger partial charge in [0.2, 0.25) is 0 Å². The average Bonchev–Trinajstić information content (AvgIpc) is 2.46. The van der Waals surface area contributed by atoms with E-state index in [0.29, 0.717) is 12.8 Å². The predicted octanol–water partition coefficient (Wildman–Crippen LogP) is 1.95. The first-order valence-corrected chi connectivity index (χ1v) is 5.14. The number of ether oxygens (including phenoxy) is 1. The van der Waals surface area contributed by atoms with E-state index in [9.17, 15) is 4.79 Å². The highest BCUT2D eigenvalue weighted by atomic mass is 16.5. The van der Waals surface area contributed by atoms with E-state index in [1.807, 2.05) is 0 Å². The number of aliphatic carboxylic acids is 1. The summed E-state index contributed by atoms with van der Waals surface area (Å²) in [4.78, 5) is 11.1. The van der Waals surface area contributed by atoms with Crippen LogP contribution in [0.3, 0.4) is 0 Å². The fourth-order valence-electron chi connectivity index (χ4n) is 2.14. The van der Waals surface area contributed by atoms with Gasteiger partial charge >= 0.3 is 5.97 Å². The third-order valence-corrected chi connectivity index (χ3v) is 3.25. The molecule has 2 aliphatic rings. The molecule has 0 atom stereocenters. The van der Waals surface area contributed by atoms with E-state index in [1.165, 1.54) is 6.42 Å². The Bertz CT molecular complexity index is 202. The van der Waals surface area contributed by atoms with Gasteiger partial charge in [0.1, 0.15) is 0 Å². The fraction of sp³-hybridized carbons (Fsp3) is 0.900. The first-order chi connectivity index (χ1) is 6.23. The second kappa shape index (κ2) is 3.29. The molecule has 0 bridgehead atoms. The van der Waals surface area contributed by atoms with Crippen LogP contribution >= 0.6 is 0 Å². The molecule has 2 fully saturated rings. The fourth-order valence-corrected chi connectivity index (χ4v) is 2.14. The quantitative estimate of drug-likeness (QED) is 0.729. The molecule has 0 spiro atoms. The summed E-state index contributed by atoms with van der Waals surface area (Å²) >= 11 is 0. The number of carboxylic acids is 1. The molecule has 2 aliphatic carbocycles. The molecule has 0 heterocycles. The highest BCUT2D eigenvalue weighted by Crippen LogP contribution is 2.38. The third-order valence-electron chi connectivity index (χ3n) is 3.25. The summed E-state index contributed by atoms with van der Waals surface area (Å²) in [5, 5.41) is 9.11. The van der Waals surface area contributed by atoms with Crippen molar-refractivity contribution in [3.05, 3.63) is 0 Å². The van der Waals surface area contributed by atoms with Crippen molar-refractivity contribution in [1.82, 2.24) is 0 Å². The van der Waals surface area contributed by atoms with Gasteiger partial charge in [0, 0.05) is 0 Å². The summed E-state index contributed by atoms with van der Waals surface area (Å²) in [6.07, 6.45) is 6.94. The molecule has 13 heavy (non-hydrogen) atoms. The first kappa shape index (κ1) is 9.00. The van der Waals surface area contributed by atoms with E-state index in [0.717, 1.165) is 25.7 Å². The SMILES string of the molecule is O=C(O)C1(OC2CCC2)CCCC1. The molecule has 2 rings (SSSR count). The van der Waals surface area contributed by atoms with E-state index >= 15 is 0 Å².